The Bertz CT molecular complexity index is 714. The molecule has 0 saturated carbocycles. The summed E-state index contributed by atoms with van der Waals surface area (Å²) in [5.74, 6) is 0.487. The van der Waals surface area contributed by atoms with Crippen LogP contribution in [0.2, 0.25) is 0 Å². The molecule has 0 aliphatic heterocycles. The molecule has 0 heterocycles. The van der Waals surface area contributed by atoms with E-state index in [-0.39, 0.29) is 5.91 Å². The van der Waals surface area contributed by atoms with Crippen molar-refractivity contribution in [2.75, 3.05) is 26.0 Å². The molecule has 1 unspecified atom stereocenters. The first-order valence-electron chi connectivity index (χ1n) is 8.32. The number of carbonyl (C=O) groups is 1. The largest absolute Gasteiger partial charge is 0.480 e. The second kappa shape index (κ2) is 9.02. The lowest BCUT2D eigenvalue weighted by Gasteiger charge is -2.16. The van der Waals surface area contributed by atoms with E-state index in [0.717, 1.165) is 28.7 Å². The SMILES string of the molecule is Cc1ccc(OC(C)C(=O)Nc2ccc(CCN(C)C)cc2)c(Br)c1. The van der Waals surface area contributed by atoms with Gasteiger partial charge < -0.3 is 15.0 Å². The standard InChI is InChI=1S/C20H25BrN2O2/c1-14-5-10-19(18(21)13-14)25-15(2)20(24)22-17-8-6-16(7-9-17)11-12-23(3)4/h5-10,13,15H,11-12H2,1-4H3,(H,22,24). The number of benzene rings is 2. The highest BCUT2D eigenvalue weighted by atomic mass is 79.9. The normalized spacial score (nSPS) is 12.1. The fraction of sp³-hybridized carbons (Fsp3) is 0.350. The lowest BCUT2D eigenvalue weighted by atomic mass is 10.1. The molecular formula is C20H25BrN2O2. The van der Waals surface area contributed by atoms with Gasteiger partial charge in [-0.05, 0) is 85.7 Å². The number of carbonyl (C=O) groups excluding carboxylic acids is 1. The van der Waals surface area contributed by atoms with E-state index in [9.17, 15) is 4.79 Å². The predicted molar refractivity (Wildman–Crippen MR) is 106 cm³/mol. The maximum atomic E-state index is 12.3. The van der Waals surface area contributed by atoms with Gasteiger partial charge in [-0.15, -0.1) is 0 Å². The third kappa shape index (κ3) is 6.18. The summed E-state index contributed by atoms with van der Waals surface area (Å²) in [5.41, 5.74) is 3.15. The second-order valence-corrected chi connectivity index (χ2v) is 7.29. The molecule has 0 bridgehead atoms. The molecule has 0 aromatic heterocycles. The molecule has 2 rings (SSSR count). The molecule has 2 aromatic carbocycles. The number of aryl methyl sites for hydroxylation is 1. The van der Waals surface area contributed by atoms with Gasteiger partial charge in [0.25, 0.3) is 5.91 Å². The first-order valence-corrected chi connectivity index (χ1v) is 9.12. The topological polar surface area (TPSA) is 41.6 Å². The van der Waals surface area contributed by atoms with Gasteiger partial charge in [-0.1, -0.05) is 18.2 Å². The number of nitrogens with zero attached hydrogens (tertiary/aromatic N) is 1. The average Bonchev–Trinajstić information content (AvgIpc) is 2.56. The molecule has 1 amide bonds. The van der Waals surface area contributed by atoms with Crippen molar-refractivity contribution < 1.29 is 9.53 Å². The van der Waals surface area contributed by atoms with Gasteiger partial charge >= 0.3 is 0 Å². The van der Waals surface area contributed by atoms with Gasteiger partial charge in [-0.2, -0.15) is 0 Å². The minimum atomic E-state index is -0.590. The number of amides is 1. The highest BCUT2D eigenvalue weighted by Gasteiger charge is 2.16. The number of rotatable bonds is 7. The van der Waals surface area contributed by atoms with Crippen LogP contribution in [0.4, 0.5) is 5.69 Å². The third-order valence-electron chi connectivity index (χ3n) is 3.83. The van der Waals surface area contributed by atoms with Crippen molar-refractivity contribution in [2.45, 2.75) is 26.4 Å². The lowest BCUT2D eigenvalue weighted by Crippen LogP contribution is -2.30. The predicted octanol–water partition coefficient (Wildman–Crippen LogP) is 4.27. The highest BCUT2D eigenvalue weighted by Crippen LogP contribution is 2.26. The lowest BCUT2D eigenvalue weighted by molar-refractivity contribution is -0.122. The van der Waals surface area contributed by atoms with Gasteiger partial charge in [-0.3, -0.25) is 4.79 Å². The van der Waals surface area contributed by atoms with Crippen LogP contribution in [-0.4, -0.2) is 37.6 Å². The van der Waals surface area contributed by atoms with Crippen molar-refractivity contribution in [3.8, 4) is 5.75 Å². The number of hydrogen-bond acceptors (Lipinski definition) is 3. The first-order chi connectivity index (χ1) is 11.8. The molecule has 1 atom stereocenters. The summed E-state index contributed by atoms with van der Waals surface area (Å²) in [6, 6.07) is 13.7. The molecule has 0 saturated heterocycles. The molecule has 134 valence electrons. The van der Waals surface area contributed by atoms with Gasteiger partial charge in [0.15, 0.2) is 6.10 Å². The summed E-state index contributed by atoms with van der Waals surface area (Å²) in [5, 5.41) is 2.90. The highest BCUT2D eigenvalue weighted by molar-refractivity contribution is 9.10. The van der Waals surface area contributed by atoms with Crippen molar-refractivity contribution in [1.82, 2.24) is 4.90 Å². The Morgan fingerprint density at radius 3 is 2.48 bits per heavy atom. The molecule has 0 aliphatic carbocycles. The molecule has 1 N–H and O–H groups in total. The van der Waals surface area contributed by atoms with Crippen LogP contribution in [0.1, 0.15) is 18.1 Å². The molecule has 4 nitrogen and oxygen atoms in total. The van der Waals surface area contributed by atoms with Crippen LogP contribution in [0.15, 0.2) is 46.9 Å². The van der Waals surface area contributed by atoms with Crippen LogP contribution in [0, 0.1) is 6.92 Å². The first kappa shape index (κ1) is 19.5. The number of halogens is 1. The minimum absolute atomic E-state index is 0.173. The van der Waals surface area contributed by atoms with E-state index in [1.165, 1.54) is 5.56 Å². The molecule has 25 heavy (non-hydrogen) atoms. The monoisotopic (exact) mass is 404 g/mol. The van der Waals surface area contributed by atoms with Gasteiger partial charge in [0.1, 0.15) is 5.75 Å². The van der Waals surface area contributed by atoms with Gasteiger partial charge in [0.05, 0.1) is 4.47 Å². The third-order valence-corrected chi connectivity index (χ3v) is 4.45. The summed E-state index contributed by atoms with van der Waals surface area (Å²) >= 11 is 3.46. The minimum Gasteiger partial charge on any atom is -0.480 e. The van der Waals surface area contributed by atoms with E-state index in [1.807, 2.05) is 49.4 Å². The summed E-state index contributed by atoms with van der Waals surface area (Å²) in [7, 11) is 4.12. The van der Waals surface area contributed by atoms with Crippen LogP contribution in [0.3, 0.4) is 0 Å². The average molecular weight is 405 g/mol. The molecular weight excluding hydrogens is 380 g/mol. The fourth-order valence-electron chi connectivity index (χ4n) is 2.30. The van der Waals surface area contributed by atoms with E-state index in [0.29, 0.717) is 5.75 Å². The smallest absolute Gasteiger partial charge is 0.265 e. The molecule has 0 aliphatic rings. The van der Waals surface area contributed by atoms with Gasteiger partial charge in [0, 0.05) is 12.2 Å². The Balaban J connectivity index is 1.92. The Labute approximate surface area is 158 Å². The Kier molecular flexibility index (Phi) is 7.02. The van der Waals surface area contributed by atoms with Crippen LogP contribution in [0.25, 0.3) is 0 Å². The number of likely N-dealkylation sites (N-methyl/N-ethyl adjacent to an activating group) is 1. The van der Waals surface area contributed by atoms with E-state index >= 15 is 0 Å². The Morgan fingerprint density at radius 1 is 1.20 bits per heavy atom. The molecule has 0 fully saturated rings. The summed E-state index contributed by atoms with van der Waals surface area (Å²) in [6.07, 6.45) is 0.398. The molecule has 0 radical (unpaired) electrons. The summed E-state index contributed by atoms with van der Waals surface area (Å²) in [4.78, 5) is 14.5. The second-order valence-electron chi connectivity index (χ2n) is 6.43. The van der Waals surface area contributed by atoms with Crippen molar-refractivity contribution in [3.05, 3.63) is 58.1 Å². The maximum absolute atomic E-state index is 12.3. The number of ether oxygens (including phenoxy) is 1. The number of anilines is 1. The summed E-state index contributed by atoms with van der Waals surface area (Å²) in [6.45, 7) is 4.75. The van der Waals surface area contributed by atoms with E-state index < -0.39 is 6.10 Å². The van der Waals surface area contributed by atoms with Crippen molar-refractivity contribution >= 4 is 27.5 Å². The zero-order valence-corrected chi connectivity index (χ0v) is 16.8. The van der Waals surface area contributed by atoms with Crippen LogP contribution in [-0.2, 0) is 11.2 Å². The van der Waals surface area contributed by atoms with Crippen molar-refractivity contribution in [2.24, 2.45) is 0 Å². The van der Waals surface area contributed by atoms with Crippen LogP contribution < -0.4 is 10.1 Å². The fourth-order valence-corrected chi connectivity index (χ4v) is 2.88. The molecule has 2 aromatic rings. The van der Waals surface area contributed by atoms with E-state index in [1.54, 1.807) is 6.92 Å². The van der Waals surface area contributed by atoms with Gasteiger partial charge in [-0.25, -0.2) is 0 Å². The quantitative estimate of drug-likeness (QED) is 0.748. The molecule has 5 heteroatoms. The Hall–Kier alpha value is -1.85. The zero-order valence-electron chi connectivity index (χ0n) is 15.2. The van der Waals surface area contributed by atoms with E-state index in [2.05, 4.69) is 40.2 Å². The van der Waals surface area contributed by atoms with E-state index in [4.69, 9.17) is 4.74 Å². The Morgan fingerprint density at radius 2 is 1.88 bits per heavy atom. The number of nitrogens with one attached hydrogen (secondary N) is 1. The van der Waals surface area contributed by atoms with Crippen LogP contribution >= 0.6 is 15.9 Å². The van der Waals surface area contributed by atoms with Gasteiger partial charge in [0.2, 0.25) is 0 Å². The molecule has 0 spiro atoms. The zero-order chi connectivity index (χ0) is 18.4. The van der Waals surface area contributed by atoms with Crippen molar-refractivity contribution in [1.29, 1.82) is 0 Å². The van der Waals surface area contributed by atoms with Crippen molar-refractivity contribution in [3.63, 3.8) is 0 Å². The summed E-state index contributed by atoms with van der Waals surface area (Å²) < 4.78 is 6.60. The van der Waals surface area contributed by atoms with Crippen LogP contribution in [0.5, 0.6) is 5.75 Å². The number of hydrogen-bond donors (Lipinski definition) is 1. The maximum Gasteiger partial charge on any atom is 0.265 e.